The molecule has 0 saturated carbocycles. The number of amides is 2. The Morgan fingerprint density at radius 2 is 1.68 bits per heavy atom. The molecule has 1 aromatic heterocycles. The molecule has 0 fully saturated rings. The Kier molecular flexibility index (Phi) is 5.25. The first-order valence-electron chi connectivity index (χ1n) is 7.04. The Hall–Kier alpha value is -2.69. The van der Waals surface area contributed by atoms with Crippen molar-refractivity contribution in [1.29, 1.82) is 0 Å². The largest absolute Gasteiger partial charge is 0.329 e. The Labute approximate surface area is 130 Å². The number of hydrogen-bond donors (Lipinski definition) is 0. The van der Waals surface area contributed by atoms with Gasteiger partial charge in [-0.1, -0.05) is 18.2 Å². The lowest BCUT2D eigenvalue weighted by Gasteiger charge is -2.24. The summed E-state index contributed by atoms with van der Waals surface area (Å²) in [6, 6.07) is 13.0. The fourth-order valence-electron chi connectivity index (χ4n) is 2.05. The van der Waals surface area contributed by atoms with Crippen molar-refractivity contribution >= 4 is 17.5 Å². The number of para-hydroxylation sites is 1. The summed E-state index contributed by atoms with van der Waals surface area (Å²) in [5.74, 6) is -0.262. The van der Waals surface area contributed by atoms with Crippen molar-refractivity contribution in [3.63, 3.8) is 0 Å². The molecule has 0 unspecified atom stereocenters. The van der Waals surface area contributed by atoms with Gasteiger partial charge in [0.2, 0.25) is 11.8 Å². The molecule has 0 spiro atoms. The van der Waals surface area contributed by atoms with Gasteiger partial charge in [0.25, 0.3) is 0 Å². The number of benzene rings is 1. The number of pyridine rings is 1. The van der Waals surface area contributed by atoms with E-state index in [2.05, 4.69) is 4.98 Å². The fraction of sp³-hybridized carbons (Fsp3) is 0.235. The second-order valence-corrected chi connectivity index (χ2v) is 5.02. The van der Waals surface area contributed by atoms with Crippen LogP contribution in [-0.4, -0.2) is 35.3 Å². The number of aromatic nitrogens is 1. The number of nitrogens with zero attached hydrogens (tertiary/aromatic N) is 3. The lowest BCUT2D eigenvalue weighted by Crippen LogP contribution is -2.40. The van der Waals surface area contributed by atoms with E-state index in [1.54, 1.807) is 24.3 Å². The standard InChI is InChI=1S/C17H19N3O2/c1-14(21)20(12-15-8-10-18-11-9-15)13-17(22)19(2)16-6-4-3-5-7-16/h3-11H,12-13H2,1-2H3. The molecule has 0 radical (unpaired) electrons. The molecule has 0 aliphatic carbocycles. The summed E-state index contributed by atoms with van der Waals surface area (Å²) in [4.78, 5) is 31.2. The minimum absolute atomic E-state index is 0.0447. The zero-order valence-electron chi connectivity index (χ0n) is 12.8. The van der Waals surface area contributed by atoms with Gasteiger partial charge < -0.3 is 9.80 Å². The number of carbonyl (C=O) groups excluding carboxylic acids is 2. The summed E-state index contributed by atoms with van der Waals surface area (Å²) in [7, 11) is 1.71. The van der Waals surface area contributed by atoms with Crippen molar-refractivity contribution in [1.82, 2.24) is 9.88 Å². The first-order valence-corrected chi connectivity index (χ1v) is 7.04. The van der Waals surface area contributed by atoms with E-state index in [4.69, 9.17) is 0 Å². The van der Waals surface area contributed by atoms with Crippen molar-refractivity contribution in [3.05, 3.63) is 60.4 Å². The van der Waals surface area contributed by atoms with E-state index in [1.165, 1.54) is 11.8 Å². The molecule has 2 aromatic rings. The monoisotopic (exact) mass is 297 g/mol. The molecule has 114 valence electrons. The van der Waals surface area contributed by atoms with E-state index in [0.29, 0.717) is 6.54 Å². The number of hydrogen-bond acceptors (Lipinski definition) is 3. The number of anilines is 1. The number of rotatable bonds is 5. The summed E-state index contributed by atoms with van der Waals surface area (Å²) in [6.07, 6.45) is 3.34. The average Bonchev–Trinajstić information content (AvgIpc) is 2.55. The van der Waals surface area contributed by atoms with Crippen molar-refractivity contribution in [2.24, 2.45) is 0 Å². The summed E-state index contributed by atoms with van der Waals surface area (Å²) in [5.41, 5.74) is 1.75. The molecule has 0 aliphatic rings. The number of likely N-dealkylation sites (N-methyl/N-ethyl adjacent to an activating group) is 1. The lowest BCUT2D eigenvalue weighted by molar-refractivity contribution is -0.133. The lowest BCUT2D eigenvalue weighted by atomic mass is 10.2. The van der Waals surface area contributed by atoms with Crippen LogP contribution in [0.1, 0.15) is 12.5 Å². The predicted octanol–water partition coefficient (Wildman–Crippen LogP) is 2.09. The topological polar surface area (TPSA) is 53.5 Å². The third-order valence-corrected chi connectivity index (χ3v) is 3.41. The van der Waals surface area contributed by atoms with Gasteiger partial charge in [-0.05, 0) is 29.8 Å². The van der Waals surface area contributed by atoms with Crippen LogP contribution in [0.3, 0.4) is 0 Å². The molecule has 5 heteroatoms. The number of carbonyl (C=O) groups is 2. The molecule has 0 bridgehead atoms. The summed E-state index contributed by atoms with van der Waals surface area (Å²) < 4.78 is 0. The van der Waals surface area contributed by atoms with Crippen LogP contribution in [0.2, 0.25) is 0 Å². The van der Waals surface area contributed by atoms with Crippen LogP contribution >= 0.6 is 0 Å². The molecule has 2 amide bonds. The van der Waals surface area contributed by atoms with Crippen LogP contribution < -0.4 is 4.90 Å². The Morgan fingerprint density at radius 1 is 1.05 bits per heavy atom. The highest BCUT2D eigenvalue weighted by molar-refractivity contribution is 5.95. The van der Waals surface area contributed by atoms with Gasteiger partial charge in [0.15, 0.2) is 0 Å². The fourth-order valence-corrected chi connectivity index (χ4v) is 2.05. The highest BCUT2D eigenvalue weighted by Gasteiger charge is 2.17. The second-order valence-electron chi connectivity index (χ2n) is 5.02. The van der Waals surface area contributed by atoms with Crippen molar-refractivity contribution in [2.45, 2.75) is 13.5 Å². The van der Waals surface area contributed by atoms with Crippen LogP contribution in [0.4, 0.5) is 5.69 Å². The third-order valence-electron chi connectivity index (χ3n) is 3.41. The van der Waals surface area contributed by atoms with E-state index >= 15 is 0 Å². The highest BCUT2D eigenvalue weighted by atomic mass is 16.2. The van der Waals surface area contributed by atoms with Gasteiger partial charge in [-0.3, -0.25) is 14.6 Å². The normalized spacial score (nSPS) is 10.1. The molecule has 2 rings (SSSR count). The molecule has 0 N–H and O–H groups in total. The van der Waals surface area contributed by atoms with Crippen molar-refractivity contribution < 1.29 is 9.59 Å². The molecule has 1 heterocycles. The van der Waals surface area contributed by atoms with Crippen molar-refractivity contribution in [2.75, 3.05) is 18.5 Å². The molecule has 0 aliphatic heterocycles. The third kappa shape index (κ3) is 4.15. The van der Waals surface area contributed by atoms with E-state index in [9.17, 15) is 9.59 Å². The molecule has 1 aromatic carbocycles. The smallest absolute Gasteiger partial charge is 0.246 e. The van der Waals surface area contributed by atoms with E-state index in [1.807, 2.05) is 42.5 Å². The molecule has 5 nitrogen and oxygen atoms in total. The van der Waals surface area contributed by atoms with Gasteiger partial charge in [-0.15, -0.1) is 0 Å². The van der Waals surface area contributed by atoms with Gasteiger partial charge in [0.05, 0.1) is 0 Å². The highest BCUT2D eigenvalue weighted by Crippen LogP contribution is 2.12. The maximum atomic E-state index is 12.4. The van der Waals surface area contributed by atoms with Crippen LogP contribution in [-0.2, 0) is 16.1 Å². The second kappa shape index (κ2) is 7.36. The predicted molar refractivity (Wildman–Crippen MR) is 85.2 cm³/mol. The minimum atomic E-state index is -0.133. The van der Waals surface area contributed by atoms with E-state index in [0.717, 1.165) is 11.3 Å². The maximum Gasteiger partial charge on any atom is 0.246 e. The van der Waals surface area contributed by atoms with Crippen LogP contribution in [0.15, 0.2) is 54.9 Å². The molecular weight excluding hydrogens is 278 g/mol. The Bertz CT molecular complexity index is 629. The zero-order valence-corrected chi connectivity index (χ0v) is 12.8. The Balaban J connectivity index is 2.04. The summed E-state index contributed by atoms with van der Waals surface area (Å²) in [5, 5.41) is 0. The summed E-state index contributed by atoms with van der Waals surface area (Å²) >= 11 is 0. The Morgan fingerprint density at radius 3 is 2.27 bits per heavy atom. The van der Waals surface area contributed by atoms with Crippen LogP contribution in [0.5, 0.6) is 0 Å². The average molecular weight is 297 g/mol. The first kappa shape index (κ1) is 15.7. The van der Waals surface area contributed by atoms with Crippen LogP contribution in [0.25, 0.3) is 0 Å². The van der Waals surface area contributed by atoms with Gasteiger partial charge >= 0.3 is 0 Å². The molecule has 0 saturated heterocycles. The first-order chi connectivity index (χ1) is 10.6. The molecule has 0 atom stereocenters. The van der Waals surface area contributed by atoms with E-state index < -0.39 is 0 Å². The molecular formula is C17H19N3O2. The quantitative estimate of drug-likeness (QED) is 0.849. The van der Waals surface area contributed by atoms with E-state index in [-0.39, 0.29) is 18.4 Å². The zero-order chi connectivity index (χ0) is 15.9. The van der Waals surface area contributed by atoms with Crippen molar-refractivity contribution in [3.8, 4) is 0 Å². The molecule has 22 heavy (non-hydrogen) atoms. The maximum absolute atomic E-state index is 12.4. The van der Waals surface area contributed by atoms with Gasteiger partial charge in [-0.25, -0.2) is 0 Å². The minimum Gasteiger partial charge on any atom is -0.329 e. The van der Waals surface area contributed by atoms with Crippen LogP contribution in [0, 0.1) is 0 Å². The SMILES string of the molecule is CC(=O)N(CC(=O)N(C)c1ccccc1)Cc1ccncc1. The van der Waals surface area contributed by atoms with Gasteiger partial charge in [-0.2, -0.15) is 0 Å². The van der Waals surface area contributed by atoms with Gasteiger partial charge in [0, 0.05) is 38.6 Å². The van der Waals surface area contributed by atoms with Gasteiger partial charge in [0.1, 0.15) is 6.54 Å². The summed E-state index contributed by atoms with van der Waals surface area (Å²) in [6.45, 7) is 1.91.